The van der Waals surface area contributed by atoms with Gasteiger partial charge in [-0.2, -0.15) is 0 Å². The fraction of sp³-hybridized carbons (Fsp3) is 0.474. The first kappa shape index (κ1) is 17.5. The predicted molar refractivity (Wildman–Crippen MR) is 98.1 cm³/mol. The number of anilines is 1. The molecule has 8 nitrogen and oxygen atoms in total. The van der Waals surface area contributed by atoms with E-state index in [0.29, 0.717) is 35.5 Å². The van der Waals surface area contributed by atoms with Gasteiger partial charge in [0.15, 0.2) is 11.5 Å². The molecule has 2 heterocycles. The maximum Gasteiger partial charge on any atom is 0.327 e. The fourth-order valence-corrected chi connectivity index (χ4v) is 4.14. The number of rotatable bonds is 3. The zero-order valence-electron chi connectivity index (χ0n) is 15.4. The summed E-state index contributed by atoms with van der Waals surface area (Å²) in [6, 6.07) is 4.72. The molecule has 1 aliphatic carbocycles. The standard InChI is InChI=1S/C19H22N4O4/c1-12-20-14-10-13(6-7-15(14)27-12)21-16(24)11-23-17(25)19(22(2)18(23)26)8-4-3-5-9-19/h6-7,10H,3-5,8-9,11H2,1-2H3,(H,21,24). The van der Waals surface area contributed by atoms with E-state index >= 15 is 0 Å². The van der Waals surface area contributed by atoms with Crippen LogP contribution in [0, 0.1) is 6.92 Å². The molecule has 8 heteroatoms. The van der Waals surface area contributed by atoms with Gasteiger partial charge in [0.05, 0.1) is 0 Å². The van der Waals surface area contributed by atoms with E-state index in [1.54, 1.807) is 32.2 Å². The summed E-state index contributed by atoms with van der Waals surface area (Å²) in [5.41, 5.74) is 1.05. The quantitative estimate of drug-likeness (QED) is 0.838. The van der Waals surface area contributed by atoms with Gasteiger partial charge in [-0.25, -0.2) is 9.78 Å². The summed E-state index contributed by atoms with van der Waals surface area (Å²) in [7, 11) is 1.66. The van der Waals surface area contributed by atoms with E-state index in [4.69, 9.17) is 4.42 Å². The highest BCUT2D eigenvalue weighted by Gasteiger charge is 2.55. The number of nitrogens with one attached hydrogen (secondary N) is 1. The Hall–Kier alpha value is -2.90. The largest absolute Gasteiger partial charge is 0.441 e. The number of amides is 4. The zero-order chi connectivity index (χ0) is 19.2. The second-order valence-corrected chi connectivity index (χ2v) is 7.29. The van der Waals surface area contributed by atoms with Crippen LogP contribution in [0.4, 0.5) is 10.5 Å². The molecule has 1 aromatic heterocycles. The Bertz CT molecular complexity index is 929. The van der Waals surface area contributed by atoms with Gasteiger partial charge in [0.25, 0.3) is 5.91 Å². The molecule has 1 N–H and O–H groups in total. The summed E-state index contributed by atoms with van der Waals surface area (Å²) < 4.78 is 5.41. The van der Waals surface area contributed by atoms with E-state index in [1.807, 2.05) is 0 Å². The van der Waals surface area contributed by atoms with Crippen LogP contribution in [0.5, 0.6) is 0 Å². The van der Waals surface area contributed by atoms with Crippen molar-refractivity contribution in [3.05, 3.63) is 24.1 Å². The van der Waals surface area contributed by atoms with Crippen LogP contribution in [0.3, 0.4) is 0 Å². The molecule has 1 saturated carbocycles. The highest BCUT2D eigenvalue weighted by molar-refractivity contribution is 6.10. The number of benzene rings is 1. The number of likely N-dealkylation sites (N-methyl/N-ethyl adjacent to an activating group) is 1. The highest BCUT2D eigenvalue weighted by atomic mass is 16.3. The molecule has 142 valence electrons. The van der Waals surface area contributed by atoms with Crippen molar-refractivity contribution in [1.29, 1.82) is 0 Å². The lowest BCUT2D eigenvalue weighted by molar-refractivity contribution is -0.136. The van der Waals surface area contributed by atoms with Gasteiger partial charge >= 0.3 is 6.03 Å². The van der Waals surface area contributed by atoms with Crippen molar-refractivity contribution in [2.75, 3.05) is 18.9 Å². The van der Waals surface area contributed by atoms with Crippen LogP contribution < -0.4 is 5.32 Å². The van der Waals surface area contributed by atoms with Crippen molar-refractivity contribution in [3.63, 3.8) is 0 Å². The summed E-state index contributed by atoms with van der Waals surface area (Å²) in [5, 5.41) is 2.73. The van der Waals surface area contributed by atoms with Gasteiger partial charge in [0.2, 0.25) is 5.91 Å². The van der Waals surface area contributed by atoms with Crippen molar-refractivity contribution in [3.8, 4) is 0 Å². The Morgan fingerprint density at radius 3 is 2.74 bits per heavy atom. The van der Waals surface area contributed by atoms with Crippen LogP contribution in [-0.4, -0.2) is 51.8 Å². The lowest BCUT2D eigenvalue weighted by atomic mass is 9.81. The monoisotopic (exact) mass is 370 g/mol. The molecule has 1 aliphatic heterocycles. The van der Waals surface area contributed by atoms with Crippen LogP contribution in [0.1, 0.15) is 38.0 Å². The Morgan fingerprint density at radius 1 is 1.26 bits per heavy atom. The van der Waals surface area contributed by atoms with Gasteiger partial charge in [-0.05, 0) is 31.0 Å². The highest BCUT2D eigenvalue weighted by Crippen LogP contribution is 2.39. The molecular weight excluding hydrogens is 348 g/mol. The Morgan fingerprint density at radius 2 is 2.00 bits per heavy atom. The number of urea groups is 1. The van der Waals surface area contributed by atoms with Gasteiger partial charge < -0.3 is 14.6 Å². The van der Waals surface area contributed by atoms with Crippen LogP contribution in [0.25, 0.3) is 11.1 Å². The smallest absolute Gasteiger partial charge is 0.327 e. The summed E-state index contributed by atoms with van der Waals surface area (Å²) in [5.74, 6) is -0.132. The average Bonchev–Trinajstić information content (AvgIpc) is 3.10. The van der Waals surface area contributed by atoms with Crippen molar-refractivity contribution in [1.82, 2.24) is 14.8 Å². The van der Waals surface area contributed by atoms with Crippen LogP contribution in [-0.2, 0) is 9.59 Å². The topological polar surface area (TPSA) is 95.8 Å². The molecule has 2 fully saturated rings. The number of aromatic nitrogens is 1. The molecule has 1 spiro atoms. The molecule has 4 amide bonds. The summed E-state index contributed by atoms with van der Waals surface area (Å²) >= 11 is 0. The normalized spacial score (nSPS) is 19.3. The molecule has 2 aromatic rings. The van der Waals surface area contributed by atoms with Gasteiger partial charge in [-0.1, -0.05) is 19.3 Å². The van der Waals surface area contributed by atoms with E-state index in [0.717, 1.165) is 24.2 Å². The van der Waals surface area contributed by atoms with Crippen molar-refractivity contribution < 1.29 is 18.8 Å². The van der Waals surface area contributed by atoms with Crippen molar-refractivity contribution >= 4 is 34.6 Å². The summed E-state index contributed by atoms with van der Waals surface area (Å²) in [6.45, 7) is 1.46. The second kappa shape index (κ2) is 6.37. The first-order chi connectivity index (χ1) is 12.9. The van der Waals surface area contributed by atoms with Crippen LogP contribution in [0.2, 0.25) is 0 Å². The van der Waals surface area contributed by atoms with E-state index in [1.165, 1.54) is 4.90 Å². The molecule has 0 bridgehead atoms. The van der Waals surface area contributed by atoms with E-state index in [9.17, 15) is 14.4 Å². The minimum absolute atomic E-state index is 0.257. The molecular formula is C19H22N4O4. The molecule has 1 aromatic carbocycles. The van der Waals surface area contributed by atoms with Crippen LogP contribution in [0.15, 0.2) is 22.6 Å². The Kier molecular flexibility index (Phi) is 4.13. The molecule has 1 saturated heterocycles. The number of hydrogen-bond donors (Lipinski definition) is 1. The maximum absolute atomic E-state index is 12.9. The molecule has 27 heavy (non-hydrogen) atoms. The number of carbonyl (C=O) groups is 3. The van der Waals surface area contributed by atoms with E-state index in [2.05, 4.69) is 10.3 Å². The first-order valence-corrected chi connectivity index (χ1v) is 9.17. The number of aryl methyl sites for hydroxylation is 1. The van der Waals surface area contributed by atoms with Gasteiger partial charge in [-0.15, -0.1) is 0 Å². The lowest BCUT2D eigenvalue weighted by Crippen LogP contribution is -2.49. The third-order valence-electron chi connectivity index (χ3n) is 5.56. The number of imide groups is 1. The van der Waals surface area contributed by atoms with Crippen LogP contribution >= 0.6 is 0 Å². The molecule has 0 atom stereocenters. The number of hydrogen-bond acceptors (Lipinski definition) is 5. The Labute approximate surface area is 156 Å². The molecule has 0 unspecified atom stereocenters. The zero-order valence-corrected chi connectivity index (χ0v) is 15.4. The SMILES string of the molecule is Cc1nc2cc(NC(=O)CN3C(=O)N(C)C4(CCCCC4)C3=O)ccc2o1. The van der Waals surface area contributed by atoms with Gasteiger partial charge in [-0.3, -0.25) is 14.5 Å². The molecule has 4 rings (SSSR count). The fourth-order valence-electron chi connectivity index (χ4n) is 4.14. The maximum atomic E-state index is 12.9. The second-order valence-electron chi connectivity index (χ2n) is 7.29. The summed E-state index contributed by atoms with van der Waals surface area (Å²) in [6.07, 6.45) is 4.23. The number of fused-ring (bicyclic) bond motifs is 1. The van der Waals surface area contributed by atoms with Crippen molar-refractivity contribution in [2.24, 2.45) is 0 Å². The Balaban J connectivity index is 1.48. The third kappa shape index (κ3) is 2.85. The van der Waals surface area contributed by atoms with Crippen molar-refractivity contribution in [2.45, 2.75) is 44.6 Å². The lowest BCUT2D eigenvalue weighted by Gasteiger charge is -2.35. The van der Waals surface area contributed by atoms with Gasteiger partial charge in [0, 0.05) is 19.7 Å². The number of oxazole rings is 1. The molecule has 0 radical (unpaired) electrons. The first-order valence-electron chi connectivity index (χ1n) is 9.17. The number of carbonyl (C=O) groups excluding carboxylic acids is 3. The minimum Gasteiger partial charge on any atom is -0.441 e. The summed E-state index contributed by atoms with van der Waals surface area (Å²) in [4.78, 5) is 44.8. The third-order valence-corrected chi connectivity index (χ3v) is 5.56. The average molecular weight is 370 g/mol. The van der Waals surface area contributed by atoms with E-state index in [-0.39, 0.29) is 12.5 Å². The predicted octanol–water partition coefficient (Wildman–Crippen LogP) is 2.67. The van der Waals surface area contributed by atoms with Gasteiger partial charge in [0.1, 0.15) is 17.6 Å². The number of nitrogens with zero attached hydrogens (tertiary/aromatic N) is 3. The molecule has 2 aliphatic rings. The minimum atomic E-state index is -0.771. The van der Waals surface area contributed by atoms with E-state index < -0.39 is 17.5 Å².